The maximum atomic E-state index is 13.0. The van der Waals surface area contributed by atoms with E-state index in [2.05, 4.69) is 0 Å². The molecule has 188 valence electrons. The van der Waals surface area contributed by atoms with E-state index < -0.39 is 5.60 Å². The van der Waals surface area contributed by atoms with Crippen LogP contribution < -0.4 is 0 Å². The Morgan fingerprint density at radius 3 is 2.44 bits per heavy atom. The molecule has 11 heteroatoms. The summed E-state index contributed by atoms with van der Waals surface area (Å²) >= 11 is 0. The Morgan fingerprint density at radius 2 is 1.82 bits per heavy atom. The second-order valence-corrected chi connectivity index (χ2v) is 10.3. The van der Waals surface area contributed by atoms with E-state index in [1.165, 1.54) is 0 Å². The first kappa shape index (κ1) is 24.2. The summed E-state index contributed by atoms with van der Waals surface area (Å²) in [7, 11) is 0. The van der Waals surface area contributed by atoms with Gasteiger partial charge < -0.3 is 34.0 Å². The maximum Gasteiger partial charge on any atom is 0.410 e. The van der Waals surface area contributed by atoms with Gasteiger partial charge in [-0.15, -0.1) is 0 Å². The molecule has 4 aliphatic heterocycles. The number of piperidine rings is 1. The van der Waals surface area contributed by atoms with E-state index in [1.54, 1.807) is 20.9 Å². The number of esters is 1. The summed E-state index contributed by atoms with van der Waals surface area (Å²) < 4.78 is 10.8. The molecular formula is C23H35N5O6. The van der Waals surface area contributed by atoms with Crippen LogP contribution >= 0.6 is 0 Å². The van der Waals surface area contributed by atoms with E-state index in [-0.39, 0.29) is 43.1 Å². The highest BCUT2D eigenvalue weighted by atomic mass is 16.6. The van der Waals surface area contributed by atoms with Crippen LogP contribution in [-0.2, 0) is 23.9 Å². The fraction of sp³-hybridized carbons (Fsp3) is 0.739. The van der Waals surface area contributed by atoms with Crippen molar-refractivity contribution in [2.24, 2.45) is 0 Å². The third-order valence-electron chi connectivity index (χ3n) is 6.51. The Morgan fingerprint density at radius 1 is 1.09 bits per heavy atom. The largest absolute Gasteiger partial charge is 0.444 e. The molecule has 0 aromatic carbocycles. The van der Waals surface area contributed by atoms with Gasteiger partial charge >= 0.3 is 12.1 Å². The first-order valence-corrected chi connectivity index (χ1v) is 12.0. The average Bonchev–Trinajstić information content (AvgIpc) is 3.45. The van der Waals surface area contributed by atoms with E-state index in [4.69, 9.17) is 9.47 Å². The number of hydrogen-bond donors (Lipinski definition) is 0. The Balaban J connectivity index is 1.20. The molecule has 0 aliphatic carbocycles. The minimum absolute atomic E-state index is 0.0305. The SMILES string of the molecule is CC(C)(C)OC(=O)N1CCC(N2CN3CN(COC(=O)CCN4CCCC4=O)C=C3C2=O)CC1. The first-order chi connectivity index (χ1) is 16.1. The molecule has 0 aromatic heterocycles. The fourth-order valence-electron chi connectivity index (χ4n) is 4.74. The van der Waals surface area contributed by atoms with Gasteiger partial charge in [0.1, 0.15) is 11.3 Å². The number of ether oxygens (including phenoxy) is 2. The van der Waals surface area contributed by atoms with Gasteiger partial charge in [0.15, 0.2) is 6.73 Å². The van der Waals surface area contributed by atoms with Crippen LogP contribution in [0.3, 0.4) is 0 Å². The number of rotatable bonds is 6. The fourth-order valence-corrected chi connectivity index (χ4v) is 4.74. The molecule has 34 heavy (non-hydrogen) atoms. The number of amides is 3. The lowest BCUT2D eigenvalue weighted by Gasteiger charge is -2.37. The second kappa shape index (κ2) is 9.71. The summed E-state index contributed by atoms with van der Waals surface area (Å²) in [5.41, 5.74) is 0.0803. The van der Waals surface area contributed by atoms with Crippen molar-refractivity contribution in [1.29, 1.82) is 0 Å². The number of hydrogen-bond acceptors (Lipinski definition) is 8. The summed E-state index contributed by atoms with van der Waals surface area (Å²) in [5, 5.41) is 0. The normalized spacial score (nSPS) is 21.4. The first-order valence-electron chi connectivity index (χ1n) is 12.0. The highest BCUT2D eigenvalue weighted by Crippen LogP contribution is 2.30. The van der Waals surface area contributed by atoms with E-state index >= 15 is 0 Å². The van der Waals surface area contributed by atoms with Crippen molar-refractivity contribution >= 4 is 23.9 Å². The van der Waals surface area contributed by atoms with Gasteiger partial charge in [-0.05, 0) is 40.0 Å². The third-order valence-corrected chi connectivity index (χ3v) is 6.51. The predicted octanol–water partition coefficient (Wildman–Crippen LogP) is 1.12. The van der Waals surface area contributed by atoms with Gasteiger partial charge in [-0.1, -0.05) is 0 Å². The molecule has 0 aromatic rings. The monoisotopic (exact) mass is 477 g/mol. The van der Waals surface area contributed by atoms with Crippen molar-refractivity contribution < 1.29 is 28.7 Å². The number of carbonyl (C=O) groups is 4. The molecule has 0 radical (unpaired) electrons. The van der Waals surface area contributed by atoms with Crippen LogP contribution in [0.5, 0.6) is 0 Å². The zero-order chi connectivity index (χ0) is 24.5. The molecule has 0 spiro atoms. The van der Waals surface area contributed by atoms with Gasteiger partial charge in [0.05, 0.1) is 19.8 Å². The van der Waals surface area contributed by atoms with E-state index in [0.717, 1.165) is 6.42 Å². The van der Waals surface area contributed by atoms with Crippen LogP contribution in [0.25, 0.3) is 0 Å². The highest BCUT2D eigenvalue weighted by molar-refractivity contribution is 5.95. The Bertz CT molecular complexity index is 860. The zero-order valence-corrected chi connectivity index (χ0v) is 20.3. The molecule has 0 N–H and O–H groups in total. The predicted molar refractivity (Wildman–Crippen MR) is 121 cm³/mol. The molecule has 0 bridgehead atoms. The average molecular weight is 478 g/mol. The maximum absolute atomic E-state index is 13.0. The lowest BCUT2D eigenvalue weighted by molar-refractivity contribution is -0.148. The summed E-state index contributed by atoms with van der Waals surface area (Å²) in [6, 6.07) is 0.0808. The minimum Gasteiger partial charge on any atom is -0.444 e. The Hall–Kier alpha value is -2.98. The van der Waals surface area contributed by atoms with E-state index in [0.29, 0.717) is 64.5 Å². The second-order valence-electron chi connectivity index (χ2n) is 10.3. The molecule has 4 rings (SSSR count). The number of likely N-dealkylation sites (tertiary alicyclic amines) is 2. The minimum atomic E-state index is -0.525. The number of nitrogens with zero attached hydrogens (tertiary/aromatic N) is 5. The molecule has 3 amide bonds. The standard InChI is InChI=1S/C23H35N5O6/c1-23(2,3)34-22(32)26-10-6-17(7-11-26)28-15-27-14-24(13-18(27)21(28)31)16-33-20(30)8-12-25-9-4-5-19(25)29/h13,17H,4-12,14-16H2,1-3H3. The molecule has 11 nitrogen and oxygen atoms in total. The summed E-state index contributed by atoms with van der Waals surface area (Å²) in [6.45, 7) is 8.82. The Labute approximate surface area is 200 Å². The van der Waals surface area contributed by atoms with Gasteiger partial charge in [0.25, 0.3) is 5.91 Å². The van der Waals surface area contributed by atoms with Crippen LogP contribution in [0, 0.1) is 0 Å². The molecule has 3 saturated heterocycles. The van der Waals surface area contributed by atoms with Gasteiger partial charge in [-0.25, -0.2) is 4.79 Å². The summed E-state index contributed by atoms with van der Waals surface area (Å²) in [6.07, 6.45) is 4.45. The van der Waals surface area contributed by atoms with Crippen LogP contribution in [0.2, 0.25) is 0 Å². The lowest BCUT2D eigenvalue weighted by Crippen LogP contribution is -2.49. The van der Waals surface area contributed by atoms with Crippen LogP contribution in [0.15, 0.2) is 11.9 Å². The van der Waals surface area contributed by atoms with E-state index in [9.17, 15) is 19.2 Å². The van der Waals surface area contributed by atoms with Crippen molar-refractivity contribution in [2.45, 2.75) is 64.5 Å². The lowest BCUT2D eigenvalue weighted by atomic mass is 10.0. The molecule has 4 aliphatic rings. The molecule has 0 unspecified atom stereocenters. The van der Waals surface area contributed by atoms with Crippen LogP contribution in [0.1, 0.15) is 52.9 Å². The van der Waals surface area contributed by atoms with Crippen LogP contribution in [-0.4, -0.2) is 106 Å². The van der Waals surface area contributed by atoms with Crippen molar-refractivity contribution in [2.75, 3.05) is 46.2 Å². The van der Waals surface area contributed by atoms with E-state index in [1.807, 2.05) is 30.6 Å². The van der Waals surface area contributed by atoms with Gasteiger partial charge in [-0.2, -0.15) is 0 Å². The summed E-state index contributed by atoms with van der Waals surface area (Å²) in [4.78, 5) is 58.0. The van der Waals surface area contributed by atoms with Crippen molar-refractivity contribution in [3.8, 4) is 0 Å². The molecule has 3 fully saturated rings. The van der Waals surface area contributed by atoms with Crippen molar-refractivity contribution in [1.82, 2.24) is 24.5 Å². The third kappa shape index (κ3) is 5.56. The summed E-state index contributed by atoms with van der Waals surface area (Å²) in [5.74, 6) is -0.289. The van der Waals surface area contributed by atoms with Gasteiger partial charge in [0.2, 0.25) is 5.91 Å². The number of carbonyl (C=O) groups excluding carboxylic acids is 4. The zero-order valence-electron chi connectivity index (χ0n) is 20.3. The molecule has 0 saturated carbocycles. The molecule has 4 heterocycles. The Kier molecular flexibility index (Phi) is 6.90. The molecular weight excluding hydrogens is 442 g/mol. The van der Waals surface area contributed by atoms with Crippen molar-refractivity contribution in [3.63, 3.8) is 0 Å². The highest BCUT2D eigenvalue weighted by Gasteiger charge is 2.42. The molecule has 0 atom stereocenters. The smallest absolute Gasteiger partial charge is 0.410 e. The van der Waals surface area contributed by atoms with Crippen LogP contribution in [0.4, 0.5) is 4.79 Å². The van der Waals surface area contributed by atoms with Gasteiger partial charge in [-0.3, -0.25) is 14.4 Å². The topological polar surface area (TPSA) is 103 Å². The quantitative estimate of drug-likeness (QED) is 0.525. The van der Waals surface area contributed by atoms with Gasteiger partial charge in [0, 0.05) is 44.8 Å². The van der Waals surface area contributed by atoms with Crippen molar-refractivity contribution in [3.05, 3.63) is 11.9 Å². The number of fused-ring (bicyclic) bond motifs is 1.